The molecular weight excluding hydrogens is 491 g/mol. The van der Waals surface area contributed by atoms with Gasteiger partial charge in [0, 0.05) is 25.2 Å². The minimum absolute atomic E-state index is 0.00699. The first kappa shape index (κ1) is 27.4. The van der Waals surface area contributed by atoms with Crippen LogP contribution in [0.4, 0.5) is 13.2 Å². The van der Waals surface area contributed by atoms with Crippen molar-refractivity contribution in [1.29, 1.82) is 0 Å². The maximum atomic E-state index is 13.3. The fraction of sp³-hybridized carbons (Fsp3) is 0.731. The van der Waals surface area contributed by atoms with Crippen LogP contribution in [-0.2, 0) is 21.0 Å². The second-order valence-corrected chi connectivity index (χ2v) is 13.0. The molecule has 0 spiro atoms. The van der Waals surface area contributed by atoms with Crippen molar-refractivity contribution in [3.63, 3.8) is 0 Å². The third kappa shape index (κ3) is 6.25. The molecule has 0 bridgehead atoms. The molecule has 4 rings (SSSR count). The molecule has 0 unspecified atom stereocenters. The highest BCUT2D eigenvalue weighted by Crippen LogP contribution is 2.40. The standard InChI is InChI=1S/C26H38F3N3O3S/c1-17(2)30-24(14-18-6-4-3-5-7-18)25(33)31-23-13-8-19-15-32(16-22(19)23)36(34,35)21-11-9-20(10-12-21)26(27,28)29/h9-12,17-19,22-24,30H,3-8,13-16H2,1-2H3,(H,31,33)/t19-,22+,23+,24+/m1/s1. The van der Waals surface area contributed by atoms with Crippen molar-refractivity contribution in [1.82, 2.24) is 14.9 Å². The highest BCUT2D eigenvalue weighted by molar-refractivity contribution is 7.89. The van der Waals surface area contributed by atoms with Crippen LogP contribution in [0.2, 0.25) is 0 Å². The van der Waals surface area contributed by atoms with E-state index < -0.39 is 21.8 Å². The molecule has 2 N–H and O–H groups in total. The average molecular weight is 530 g/mol. The molecule has 4 atom stereocenters. The van der Waals surface area contributed by atoms with Crippen molar-refractivity contribution in [3.05, 3.63) is 29.8 Å². The maximum absolute atomic E-state index is 13.3. The summed E-state index contributed by atoms with van der Waals surface area (Å²) in [5.41, 5.74) is -0.875. The first-order valence-corrected chi connectivity index (χ1v) is 14.6. The number of carbonyl (C=O) groups is 1. The predicted octanol–water partition coefficient (Wildman–Crippen LogP) is 4.56. The molecule has 1 aliphatic heterocycles. The third-order valence-corrected chi connectivity index (χ3v) is 9.96. The highest BCUT2D eigenvalue weighted by Gasteiger charge is 2.47. The van der Waals surface area contributed by atoms with Crippen LogP contribution in [0.5, 0.6) is 0 Å². The second-order valence-electron chi connectivity index (χ2n) is 11.1. The van der Waals surface area contributed by atoms with Crippen molar-refractivity contribution in [3.8, 4) is 0 Å². The summed E-state index contributed by atoms with van der Waals surface area (Å²) in [6.07, 6.45) is 3.96. The summed E-state index contributed by atoms with van der Waals surface area (Å²) in [6, 6.07) is 3.48. The number of sulfonamides is 1. The van der Waals surface area contributed by atoms with Crippen LogP contribution in [0.3, 0.4) is 0 Å². The molecule has 1 aromatic carbocycles. The first-order chi connectivity index (χ1) is 16.9. The fourth-order valence-electron chi connectivity index (χ4n) is 6.26. The Hall–Kier alpha value is -1.65. The van der Waals surface area contributed by atoms with Crippen molar-refractivity contribution in [2.24, 2.45) is 17.8 Å². The minimum Gasteiger partial charge on any atom is -0.352 e. The van der Waals surface area contributed by atoms with Crippen LogP contribution < -0.4 is 10.6 Å². The van der Waals surface area contributed by atoms with E-state index in [0.717, 1.165) is 56.4 Å². The summed E-state index contributed by atoms with van der Waals surface area (Å²) in [6.45, 7) is 4.67. The van der Waals surface area contributed by atoms with Crippen molar-refractivity contribution >= 4 is 15.9 Å². The van der Waals surface area contributed by atoms with Gasteiger partial charge in [-0.3, -0.25) is 4.79 Å². The van der Waals surface area contributed by atoms with Gasteiger partial charge in [0.15, 0.2) is 0 Å². The Morgan fingerprint density at radius 2 is 1.69 bits per heavy atom. The number of nitrogens with zero attached hydrogens (tertiary/aromatic N) is 1. The smallest absolute Gasteiger partial charge is 0.352 e. The number of carbonyl (C=O) groups excluding carboxylic acids is 1. The molecule has 2 saturated carbocycles. The Balaban J connectivity index is 1.40. The van der Waals surface area contributed by atoms with Gasteiger partial charge in [0.25, 0.3) is 0 Å². The maximum Gasteiger partial charge on any atom is 0.416 e. The van der Waals surface area contributed by atoms with Gasteiger partial charge < -0.3 is 10.6 Å². The topological polar surface area (TPSA) is 78.5 Å². The van der Waals surface area contributed by atoms with Crippen LogP contribution in [0.1, 0.15) is 70.8 Å². The van der Waals surface area contributed by atoms with Gasteiger partial charge in [-0.05, 0) is 61.3 Å². The zero-order chi connectivity index (χ0) is 26.1. The molecule has 1 heterocycles. The number of fused-ring (bicyclic) bond motifs is 1. The number of hydrogen-bond acceptors (Lipinski definition) is 4. The van der Waals surface area contributed by atoms with Gasteiger partial charge in [-0.15, -0.1) is 0 Å². The van der Waals surface area contributed by atoms with E-state index in [4.69, 9.17) is 0 Å². The Bertz CT molecular complexity index is 1010. The molecule has 0 aromatic heterocycles. The zero-order valence-electron chi connectivity index (χ0n) is 21.1. The molecule has 1 saturated heterocycles. The van der Waals surface area contributed by atoms with E-state index >= 15 is 0 Å². The molecule has 3 aliphatic rings. The van der Waals surface area contributed by atoms with E-state index in [1.165, 1.54) is 23.6 Å². The summed E-state index contributed by atoms with van der Waals surface area (Å²) < 4.78 is 66.3. The van der Waals surface area contributed by atoms with E-state index in [-0.39, 0.29) is 47.3 Å². The molecule has 2 aliphatic carbocycles. The van der Waals surface area contributed by atoms with Gasteiger partial charge in [-0.2, -0.15) is 17.5 Å². The molecular formula is C26H38F3N3O3S. The fourth-order valence-corrected chi connectivity index (χ4v) is 7.79. The van der Waals surface area contributed by atoms with Crippen LogP contribution in [-0.4, -0.2) is 49.8 Å². The first-order valence-electron chi connectivity index (χ1n) is 13.2. The molecule has 6 nitrogen and oxygen atoms in total. The molecule has 3 fully saturated rings. The molecule has 0 radical (unpaired) electrons. The van der Waals surface area contributed by atoms with Crippen LogP contribution >= 0.6 is 0 Å². The Morgan fingerprint density at radius 1 is 1.03 bits per heavy atom. The van der Waals surface area contributed by atoms with Gasteiger partial charge >= 0.3 is 6.18 Å². The van der Waals surface area contributed by atoms with Crippen molar-refractivity contribution < 1.29 is 26.4 Å². The van der Waals surface area contributed by atoms with Gasteiger partial charge in [-0.25, -0.2) is 8.42 Å². The van der Waals surface area contributed by atoms with E-state index in [9.17, 15) is 26.4 Å². The van der Waals surface area contributed by atoms with E-state index in [1.807, 2.05) is 13.8 Å². The predicted molar refractivity (Wildman–Crippen MR) is 132 cm³/mol. The lowest BCUT2D eigenvalue weighted by atomic mass is 9.84. The quantitative estimate of drug-likeness (QED) is 0.518. The number of alkyl halides is 3. The lowest BCUT2D eigenvalue weighted by Gasteiger charge is -2.30. The van der Waals surface area contributed by atoms with Crippen molar-refractivity contribution in [2.45, 2.75) is 94.4 Å². The number of benzene rings is 1. The minimum atomic E-state index is -4.52. The van der Waals surface area contributed by atoms with E-state index in [1.54, 1.807) is 0 Å². The van der Waals surface area contributed by atoms with Gasteiger partial charge in [-0.1, -0.05) is 46.0 Å². The molecule has 1 aromatic rings. The summed E-state index contributed by atoms with van der Waals surface area (Å²) in [5.74, 6) is 0.679. The highest BCUT2D eigenvalue weighted by atomic mass is 32.2. The van der Waals surface area contributed by atoms with Crippen LogP contribution in [0, 0.1) is 17.8 Å². The Kier molecular flexibility index (Phi) is 8.36. The summed E-state index contributed by atoms with van der Waals surface area (Å²) in [4.78, 5) is 13.2. The SMILES string of the molecule is CC(C)N[C@@H](CC1CCCCC1)C(=O)N[C@H]1CC[C@@H]2CN(S(=O)(=O)c3ccc(C(F)(F)F)cc3)C[C@@H]21. The third-order valence-electron chi connectivity index (χ3n) is 8.12. The van der Waals surface area contributed by atoms with Gasteiger partial charge in [0.1, 0.15) is 0 Å². The average Bonchev–Trinajstić information content (AvgIpc) is 3.41. The largest absolute Gasteiger partial charge is 0.416 e. The zero-order valence-corrected chi connectivity index (χ0v) is 21.9. The van der Waals surface area contributed by atoms with E-state index in [0.29, 0.717) is 12.5 Å². The molecule has 10 heteroatoms. The van der Waals surface area contributed by atoms with E-state index in [2.05, 4.69) is 10.6 Å². The molecule has 36 heavy (non-hydrogen) atoms. The summed E-state index contributed by atoms with van der Waals surface area (Å²) >= 11 is 0. The number of hydrogen-bond donors (Lipinski definition) is 2. The Labute approximate surface area is 212 Å². The van der Waals surface area contributed by atoms with Gasteiger partial charge in [0.2, 0.25) is 15.9 Å². The lowest BCUT2D eigenvalue weighted by molar-refractivity contribution is -0.137. The normalized spacial score (nSPS) is 26.8. The second kappa shape index (κ2) is 11.0. The number of rotatable bonds is 8. The summed E-state index contributed by atoms with van der Waals surface area (Å²) in [5, 5.41) is 6.67. The van der Waals surface area contributed by atoms with Crippen molar-refractivity contribution in [2.75, 3.05) is 13.1 Å². The molecule has 1 amide bonds. The Morgan fingerprint density at radius 3 is 2.31 bits per heavy atom. The number of nitrogens with one attached hydrogen (secondary N) is 2. The van der Waals surface area contributed by atoms with Crippen LogP contribution in [0.25, 0.3) is 0 Å². The molecule has 202 valence electrons. The van der Waals surface area contributed by atoms with Crippen LogP contribution in [0.15, 0.2) is 29.2 Å². The number of amides is 1. The number of halogens is 3. The lowest BCUT2D eigenvalue weighted by Crippen LogP contribution is -2.51. The summed E-state index contributed by atoms with van der Waals surface area (Å²) in [7, 11) is -3.91. The van der Waals surface area contributed by atoms with Gasteiger partial charge in [0.05, 0.1) is 16.5 Å². The monoisotopic (exact) mass is 529 g/mol.